The molecule has 0 rings (SSSR count). The van der Waals surface area contributed by atoms with Crippen LogP contribution in [0.3, 0.4) is 0 Å². The summed E-state index contributed by atoms with van der Waals surface area (Å²) in [7, 11) is 0. The molecule has 0 radical (unpaired) electrons. The summed E-state index contributed by atoms with van der Waals surface area (Å²) in [6.45, 7) is 14.3. The van der Waals surface area contributed by atoms with Gasteiger partial charge in [0.25, 0.3) is 0 Å². The largest absolute Gasteiger partial charge is 0.0654 e. The van der Waals surface area contributed by atoms with Gasteiger partial charge in [-0.25, -0.2) is 0 Å². The van der Waals surface area contributed by atoms with Crippen molar-refractivity contribution in [2.24, 2.45) is 17.3 Å². The molecule has 0 fully saturated rings. The average molecular weight is 198 g/mol. The van der Waals surface area contributed by atoms with Gasteiger partial charge in [-0.15, -0.1) is 0 Å². The van der Waals surface area contributed by atoms with Gasteiger partial charge in [0.05, 0.1) is 0 Å². The van der Waals surface area contributed by atoms with E-state index in [2.05, 4.69) is 41.5 Å². The van der Waals surface area contributed by atoms with E-state index in [0.29, 0.717) is 5.41 Å². The van der Waals surface area contributed by atoms with E-state index < -0.39 is 0 Å². The monoisotopic (exact) mass is 198 g/mol. The van der Waals surface area contributed by atoms with Crippen LogP contribution >= 0.6 is 0 Å². The van der Waals surface area contributed by atoms with Crippen LogP contribution in [0, 0.1) is 17.3 Å². The quantitative estimate of drug-likeness (QED) is 0.522. The molecule has 14 heavy (non-hydrogen) atoms. The summed E-state index contributed by atoms with van der Waals surface area (Å²) < 4.78 is 0. The Labute approximate surface area is 91.5 Å². The lowest BCUT2D eigenvalue weighted by Gasteiger charge is -2.43. The summed E-state index contributed by atoms with van der Waals surface area (Å²) >= 11 is 0. The van der Waals surface area contributed by atoms with E-state index in [0.717, 1.165) is 11.8 Å². The van der Waals surface area contributed by atoms with Gasteiger partial charge in [-0.1, -0.05) is 60.8 Å². The maximum atomic E-state index is 2.46. The normalized spacial score (nSPS) is 16.7. The fraction of sp³-hybridized carbons (Fsp3) is 1.00. The average Bonchev–Trinajstić information content (AvgIpc) is 2.20. The first kappa shape index (κ1) is 14.0. The van der Waals surface area contributed by atoms with Crippen molar-refractivity contribution in [2.75, 3.05) is 0 Å². The molecule has 0 N–H and O–H groups in total. The van der Waals surface area contributed by atoms with Crippen LogP contribution in [-0.2, 0) is 0 Å². The zero-order chi connectivity index (χ0) is 11.2. The second-order valence-corrected chi connectivity index (χ2v) is 4.94. The highest BCUT2D eigenvalue weighted by Crippen LogP contribution is 2.45. The Morgan fingerprint density at radius 3 is 1.64 bits per heavy atom. The Balaban J connectivity index is 4.66. The molecular weight excluding hydrogens is 168 g/mol. The summed E-state index contributed by atoms with van der Waals surface area (Å²) in [4.78, 5) is 0. The third-order valence-electron chi connectivity index (χ3n) is 4.61. The molecule has 0 aromatic rings. The lowest BCUT2D eigenvalue weighted by Crippen LogP contribution is -2.34. The zero-order valence-electron chi connectivity index (χ0n) is 11.2. The van der Waals surface area contributed by atoms with Gasteiger partial charge in [0.15, 0.2) is 0 Å². The smallest absolute Gasteiger partial charge is 0.0251 e. The highest BCUT2D eigenvalue weighted by Gasteiger charge is 2.36. The molecule has 0 heteroatoms. The van der Waals surface area contributed by atoms with E-state index in [1.54, 1.807) is 0 Å². The molecule has 0 aliphatic carbocycles. The van der Waals surface area contributed by atoms with Crippen LogP contribution in [0.5, 0.6) is 0 Å². The van der Waals surface area contributed by atoms with Gasteiger partial charge in [-0.2, -0.15) is 0 Å². The first-order chi connectivity index (χ1) is 6.58. The van der Waals surface area contributed by atoms with Crippen molar-refractivity contribution in [3.63, 3.8) is 0 Å². The van der Waals surface area contributed by atoms with Gasteiger partial charge in [-0.3, -0.25) is 0 Å². The van der Waals surface area contributed by atoms with Crippen molar-refractivity contribution in [1.82, 2.24) is 0 Å². The fourth-order valence-corrected chi connectivity index (χ4v) is 3.26. The van der Waals surface area contributed by atoms with Gasteiger partial charge in [0.2, 0.25) is 0 Å². The van der Waals surface area contributed by atoms with E-state index >= 15 is 0 Å². The molecule has 0 heterocycles. The van der Waals surface area contributed by atoms with Crippen LogP contribution in [0.4, 0.5) is 0 Å². The Hall–Kier alpha value is 0. The molecule has 86 valence electrons. The third kappa shape index (κ3) is 2.74. The molecule has 0 aromatic heterocycles. The van der Waals surface area contributed by atoms with Crippen LogP contribution in [0.15, 0.2) is 0 Å². The zero-order valence-corrected chi connectivity index (χ0v) is 11.2. The molecule has 0 aliphatic heterocycles. The molecule has 2 atom stereocenters. The fourth-order valence-electron chi connectivity index (χ4n) is 3.26. The molecule has 0 bridgehead atoms. The second-order valence-electron chi connectivity index (χ2n) is 4.94. The first-order valence-corrected chi connectivity index (χ1v) is 6.58. The molecule has 0 saturated heterocycles. The Morgan fingerprint density at radius 1 is 0.857 bits per heavy atom. The van der Waals surface area contributed by atoms with Crippen LogP contribution in [0.2, 0.25) is 0 Å². The summed E-state index contributed by atoms with van der Waals surface area (Å²) in [6.07, 6.45) is 6.75. The molecule has 0 amide bonds. The molecule has 0 aliphatic rings. The number of rotatable bonds is 7. The minimum atomic E-state index is 0.602. The van der Waals surface area contributed by atoms with Crippen LogP contribution in [-0.4, -0.2) is 0 Å². The van der Waals surface area contributed by atoms with Gasteiger partial charge in [0, 0.05) is 0 Å². The van der Waals surface area contributed by atoms with Crippen LogP contribution < -0.4 is 0 Å². The highest BCUT2D eigenvalue weighted by atomic mass is 14.4. The van der Waals surface area contributed by atoms with E-state index in [1.165, 1.54) is 32.1 Å². The molecule has 0 spiro atoms. The lowest BCUT2D eigenvalue weighted by atomic mass is 9.62. The van der Waals surface area contributed by atoms with E-state index in [-0.39, 0.29) is 0 Å². The molecule has 0 saturated carbocycles. The van der Waals surface area contributed by atoms with Gasteiger partial charge in [-0.05, 0) is 30.1 Å². The Bertz CT molecular complexity index is 133. The van der Waals surface area contributed by atoms with E-state index in [4.69, 9.17) is 0 Å². The summed E-state index contributed by atoms with van der Waals surface area (Å²) in [5.41, 5.74) is 0.602. The summed E-state index contributed by atoms with van der Waals surface area (Å²) in [5.74, 6) is 1.76. The predicted octanol–water partition coefficient (Wildman–Crippen LogP) is 5.28. The minimum absolute atomic E-state index is 0.602. The van der Waals surface area contributed by atoms with Crippen LogP contribution in [0.1, 0.15) is 73.6 Å². The standard InChI is InChI=1S/C14H30/c1-7-11-13(6)14(9-3,10-4)12(5)8-2/h12-13H,7-11H2,1-6H3. The maximum absolute atomic E-state index is 2.46. The third-order valence-corrected chi connectivity index (χ3v) is 4.61. The van der Waals surface area contributed by atoms with Crippen molar-refractivity contribution >= 4 is 0 Å². The van der Waals surface area contributed by atoms with Crippen molar-refractivity contribution in [1.29, 1.82) is 0 Å². The Kier molecular flexibility index (Phi) is 6.48. The summed E-state index contributed by atoms with van der Waals surface area (Å²) in [6, 6.07) is 0. The topological polar surface area (TPSA) is 0 Å². The minimum Gasteiger partial charge on any atom is -0.0654 e. The van der Waals surface area contributed by atoms with Gasteiger partial charge < -0.3 is 0 Å². The van der Waals surface area contributed by atoms with Crippen molar-refractivity contribution in [2.45, 2.75) is 73.6 Å². The lowest BCUT2D eigenvalue weighted by molar-refractivity contribution is 0.0685. The van der Waals surface area contributed by atoms with E-state index in [9.17, 15) is 0 Å². The second kappa shape index (κ2) is 6.48. The van der Waals surface area contributed by atoms with Gasteiger partial charge in [0.1, 0.15) is 0 Å². The first-order valence-electron chi connectivity index (χ1n) is 6.58. The SMILES string of the molecule is CCCC(C)C(CC)(CC)C(C)CC. The van der Waals surface area contributed by atoms with Crippen LogP contribution in [0.25, 0.3) is 0 Å². The number of hydrogen-bond acceptors (Lipinski definition) is 0. The maximum Gasteiger partial charge on any atom is -0.0251 e. The summed E-state index contributed by atoms with van der Waals surface area (Å²) in [5, 5.41) is 0. The molecule has 0 aromatic carbocycles. The van der Waals surface area contributed by atoms with Crippen molar-refractivity contribution in [3.8, 4) is 0 Å². The van der Waals surface area contributed by atoms with E-state index in [1.807, 2.05) is 0 Å². The molecular formula is C14H30. The van der Waals surface area contributed by atoms with Gasteiger partial charge >= 0.3 is 0 Å². The molecule has 0 nitrogen and oxygen atoms in total. The Morgan fingerprint density at radius 2 is 1.36 bits per heavy atom. The highest BCUT2D eigenvalue weighted by molar-refractivity contribution is 4.86. The molecule has 2 unspecified atom stereocenters. The number of hydrogen-bond donors (Lipinski definition) is 0. The van der Waals surface area contributed by atoms with Crippen molar-refractivity contribution in [3.05, 3.63) is 0 Å². The van der Waals surface area contributed by atoms with Crippen molar-refractivity contribution < 1.29 is 0 Å². The predicted molar refractivity (Wildman–Crippen MR) is 66.5 cm³/mol.